The van der Waals surface area contributed by atoms with E-state index < -0.39 is 10.0 Å². The van der Waals surface area contributed by atoms with Crippen LogP contribution in [0.5, 0.6) is 0 Å². The Labute approximate surface area is 114 Å². The molecule has 1 unspecified atom stereocenters. The maximum Gasteiger partial charge on any atom is 0.243 e. The third kappa shape index (κ3) is 2.91. The molecule has 1 heterocycles. The number of sulfonamides is 1. The number of hydrogen-bond donors (Lipinski definition) is 2. The van der Waals surface area contributed by atoms with E-state index in [4.69, 9.17) is 0 Å². The Kier molecular flexibility index (Phi) is 4.44. The van der Waals surface area contributed by atoms with E-state index in [1.54, 1.807) is 24.3 Å². The second-order valence-corrected chi connectivity index (χ2v) is 6.54. The number of nitrogens with one attached hydrogen (secondary N) is 1. The van der Waals surface area contributed by atoms with Crippen molar-refractivity contribution >= 4 is 15.7 Å². The summed E-state index contributed by atoms with van der Waals surface area (Å²) in [4.78, 5) is 0.287. The van der Waals surface area contributed by atoms with Crippen LogP contribution in [-0.4, -0.2) is 43.6 Å². The molecule has 1 atom stereocenters. The van der Waals surface area contributed by atoms with Gasteiger partial charge in [-0.05, 0) is 44.0 Å². The molecule has 1 aromatic rings. The molecule has 0 radical (unpaired) electrons. The Hall–Kier alpha value is -1.11. The molecule has 1 aliphatic heterocycles. The normalized spacial score (nSPS) is 20.6. The highest BCUT2D eigenvalue weighted by atomic mass is 32.2. The fourth-order valence-corrected chi connectivity index (χ4v) is 4.08. The topological polar surface area (TPSA) is 69.6 Å². The highest BCUT2D eigenvalue weighted by Gasteiger charge is 2.34. The number of anilines is 1. The zero-order chi connectivity index (χ0) is 13.9. The van der Waals surface area contributed by atoms with E-state index in [-0.39, 0.29) is 17.5 Å². The summed E-state index contributed by atoms with van der Waals surface area (Å²) >= 11 is 0. The first-order valence-corrected chi connectivity index (χ1v) is 8.00. The number of hydrogen-bond acceptors (Lipinski definition) is 4. The van der Waals surface area contributed by atoms with Gasteiger partial charge in [-0.2, -0.15) is 4.31 Å². The predicted molar refractivity (Wildman–Crippen MR) is 74.6 cm³/mol. The van der Waals surface area contributed by atoms with E-state index in [9.17, 15) is 13.5 Å². The number of benzene rings is 1. The molecule has 0 bridgehead atoms. The van der Waals surface area contributed by atoms with Crippen molar-refractivity contribution in [1.82, 2.24) is 4.31 Å². The smallest absolute Gasteiger partial charge is 0.243 e. The maximum atomic E-state index is 12.5. The second-order valence-electron chi connectivity index (χ2n) is 4.65. The molecule has 19 heavy (non-hydrogen) atoms. The van der Waals surface area contributed by atoms with E-state index in [1.165, 1.54) is 4.31 Å². The van der Waals surface area contributed by atoms with E-state index in [0.717, 1.165) is 25.1 Å². The Morgan fingerprint density at radius 1 is 1.37 bits per heavy atom. The van der Waals surface area contributed by atoms with Crippen molar-refractivity contribution in [3.63, 3.8) is 0 Å². The van der Waals surface area contributed by atoms with Crippen LogP contribution in [0, 0.1) is 0 Å². The molecule has 2 rings (SSSR count). The molecule has 0 aromatic heterocycles. The van der Waals surface area contributed by atoms with Gasteiger partial charge in [-0.1, -0.05) is 0 Å². The Morgan fingerprint density at radius 2 is 2.05 bits per heavy atom. The molecular weight excluding hydrogens is 264 g/mol. The molecule has 0 spiro atoms. The van der Waals surface area contributed by atoms with Crippen LogP contribution >= 0.6 is 0 Å². The van der Waals surface area contributed by atoms with Gasteiger partial charge in [0.2, 0.25) is 10.0 Å². The number of rotatable bonds is 5. The van der Waals surface area contributed by atoms with Crippen molar-refractivity contribution in [2.75, 3.05) is 25.0 Å². The van der Waals surface area contributed by atoms with Crippen molar-refractivity contribution in [2.24, 2.45) is 0 Å². The van der Waals surface area contributed by atoms with E-state index in [2.05, 4.69) is 5.32 Å². The fraction of sp³-hybridized carbons (Fsp3) is 0.538. The molecule has 2 N–H and O–H groups in total. The molecule has 1 fully saturated rings. The van der Waals surface area contributed by atoms with Gasteiger partial charge in [0.25, 0.3) is 0 Å². The minimum absolute atomic E-state index is 0.116. The lowest BCUT2D eigenvalue weighted by Gasteiger charge is -2.22. The molecule has 1 aromatic carbocycles. The van der Waals surface area contributed by atoms with Gasteiger partial charge in [-0.25, -0.2) is 8.42 Å². The number of aliphatic hydroxyl groups excluding tert-OH is 1. The van der Waals surface area contributed by atoms with Gasteiger partial charge in [-0.15, -0.1) is 0 Å². The molecule has 6 heteroatoms. The molecule has 106 valence electrons. The summed E-state index contributed by atoms with van der Waals surface area (Å²) in [7, 11) is -3.49. The number of nitrogens with zero attached hydrogens (tertiary/aromatic N) is 1. The molecule has 5 nitrogen and oxygen atoms in total. The summed E-state index contributed by atoms with van der Waals surface area (Å²) in [5, 5.41) is 12.4. The van der Waals surface area contributed by atoms with Crippen molar-refractivity contribution in [2.45, 2.75) is 30.7 Å². The predicted octanol–water partition coefficient (Wildman–Crippen LogP) is 1.26. The quantitative estimate of drug-likeness (QED) is 0.854. The average molecular weight is 284 g/mol. The summed E-state index contributed by atoms with van der Waals surface area (Å²) in [5.74, 6) is 0. The van der Waals surface area contributed by atoms with Gasteiger partial charge in [0.1, 0.15) is 0 Å². The maximum absolute atomic E-state index is 12.5. The van der Waals surface area contributed by atoms with E-state index in [0.29, 0.717) is 6.54 Å². The zero-order valence-corrected chi connectivity index (χ0v) is 11.9. The summed E-state index contributed by atoms with van der Waals surface area (Å²) in [5.41, 5.74) is 0.904. The molecule has 0 aliphatic carbocycles. The lowest BCUT2D eigenvalue weighted by molar-refractivity contribution is 0.213. The highest BCUT2D eigenvalue weighted by Crippen LogP contribution is 2.26. The van der Waals surface area contributed by atoms with Crippen molar-refractivity contribution < 1.29 is 13.5 Å². The molecular formula is C13H20N2O3S. The molecule has 1 saturated heterocycles. The van der Waals surface area contributed by atoms with Crippen molar-refractivity contribution in [3.05, 3.63) is 24.3 Å². The van der Waals surface area contributed by atoms with Crippen LogP contribution in [0.4, 0.5) is 5.69 Å². The summed E-state index contributed by atoms with van der Waals surface area (Å²) < 4.78 is 26.3. The first-order valence-electron chi connectivity index (χ1n) is 6.56. The summed E-state index contributed by atoms with van der Waals surface area (Å²) in [6.07, 6.45) is 1.53. The Balaban J connectivity index is 2.24. The van der Waals surface area contributed by atoms with Crippen LogP contribution in [-0.2, 0) is 10.0 Å². The van der Waals surface area contributed by atoms with E-state index in [1.807, 2.05) is 6.92 Å². The third-order valence-electron chi connectivity index (χ3n) is 3.38. The first-order chi connectivity index (χ1) is 9.09. The van der Waals surface area contributed by atoms with Gasteiger partial charge in [0.15, 0.2) is 0 Å². The molecule has 0 amide bonds. The van der Waals surface area contributed by atoms with Crippen LogP contribution in [0.25, 0.3) is 0 Å². The van der Waals surface area contributed by atoms with Crippen LogP contribution in [0.3, 0.4) is 0 Å². The fourth-order valence-electron chi connectivity index (χ4n) is 2.39. The Bertz CT molecular complexity index is 513. The number of aliphatic hydroxyl groups is 1. The first kappa shape index (κ1) is 14.3. The largest absolute Gasteiger partial charge is 0.395 e. The monoisotopic (exact) mass is 284 g/mol. The lowest BCUT2D eigenvalue weighted by Crippen LogP contribution is -2.37. The van der Waals surface area contributed by atoms with Crippen LogP contribution in [0.1, 0.15) is 19.8 Å². The SMILES string of the molecule is CCNc1ccc(S(=O)(=O)N2CCCC2CO)cc1. The van der Waals surface area contributed by atoms with Gasteiger partial charge < -0.3 is 10.4 Å². The minimum Gasteiger partial charge on any atom is -0.395 e. The van der Waals surface area contributed by atoms with Gasteiger partial charge in [0, 0.05) is 24.8 Å². The zero-order valence-electron chi connectivity index (χ0n) is 11.0. The van der Waals surface area contributed by atoms with Crippen molar-refractivity contribution in [1.29, 1.82) is 0 Å². The van der Waals surface area contributed by atoms with Gasteiger partial charge in [0.05, 0.1) is 11.5 Å². The molecule has 0 saturated carbocycles. The average Bonchev–Trinajstić information content (AvgIpc) is 2.89. The van der Waals surface area contributed by atoms with Crippen LogP contribution in [0.15, 0.2) is 29.2 Å². The minimum atomic E-state index is -3.49. The molecule has 1 aliphatic rings. The second kappa shape index (κ2) is 5.90. The van der Waals surface area contributed by atoms with Gasteiger partial charge in [-0.3, -0.25) is 0 Å². The third-order valence-corrected chi connectivity index (χ3v) is 5.34. The summed E-state index contributed by atoms with van der Waals surface area (Å²) in [6, 6.07) is 6.47. The van der Waals surface area contributed by atoms with E-state index >= 15 is 0 Å². The standard InChI is InChI=1S/C13H20N2O3S/c1-2-14-11-5-7-13(8-6-11)19(17,18)15-9-3-4-12(15)10-16/h5-8,12,14,16H,2-4,9-10H2,1H3. The van der Waals surface area contributed by atoms with Crippen LogP contribution in [0.2, 0.25) is 0 Å². The van der Waals surface area contributed by atoms with Gasteiger partial charge >= 0.3 is 0 Å². The van der Waals surface area contributed by atoms with Crippen LogP contribution < -0.4 is 5.32 Å². The lowest BCUT2D eigenvalue weighted by atomic mass is 10.2. The highest BCUT2D eigenvalue weighted by molar-refractivity contribution is 7.89. The summed E-state index contributed by atoms with van der Waals surface area (Å²) in [6.45, 7) is 3.16. The Morgan fingerprint density at radius 3 is 2.63 bits per heavy atom. The van der Waals surface area contributed by atoms with Crippen molar-refractivity contribution in [3.8, 4) is 0 Å².